The number of aliphatic hydroxyl groups is 1. The normalized spacial score (nSPS) is 19.1. The average Bonchev–Trinajstić information content (AvgIpc) is 3.22. The number of rotatable bonds is 6. The number of nitrogens with one attached hydrogen (secondary N) is 1. The van der Waals surface area contributed by atoms with E-state index < -0.39 is 0 Å². The second-order valence-corrected chi connectivity index (χ2v) is 7.38. The van der Waals surface area contributed by atoms with Crippen LogP contribution in [-0.2, 0) is 13.0 Å². The predicted molar refractivity (Wildman–Crippen MR) is 105 cm³/mol. The van der Waals surface area contributed by atoms with Gasteiger partial charge in [-0.15, -0.1) is 0 Å². The molecular weight excluding hydrogens is 324 g/mol. The highest BCUT2D eigenvalue weighted by atomic mass is 16.3. The van der Waals surface area contributed by atoms with E-state index in [0.29, 0.717) is 6.04 Å². The Morgan fingerprint density at radius 3 is 2.96 bits per heavy atom. The van der Waals surface area contributed by atoms with Gasteiger partial charge in [-0.1, -0.05) is 30.3 Å². The molecule has 2 heterocycles. The van der Waals surface area contributed by atoms with Gasteiger partial charge >= 0.3 is 0 Å². The van der Waals surface area contributed by atoms with Crippen molar-refractivity contribution in [1.29, 1.82) is 0 Å². The number of hydrogen-bond acceptors (Lipinski definition) is 4. The minimum Gasteiger partial charge on any atom is -0.464 e. The quantitative estimate of drug-likeness (QED) is 0.704. The molecule has 0 bridgehead atoms. The van der Waals surface area contributed by atoms with E-state index in [1.54, 1.807) is 0 Å². The molecule has 0 saturated carbocycles. The summed E-state index contributed by atoms with van der Waals surface area (Å²) in [5, 5.41) is 14.5. The van der Waals surface area contributed by atoms with E-state index in [2.05, 4.69) is 53.5 Å². The largest absolute Gasteiger partial charge is 0.464 e. The molecule has 0 aliphatic carbocycles. The minimum atomic E-state index is -0.166. The molecule has 26 heavy (non-hydrogen) atoms. The number of likely N-dealkylation sites (tertiary alicyclic amines) is 1. The van der Waals surface area contributed by atoms with Gasteiger partial charge in [-0.05, 0) is 43.5 Å². The maximum atomic E-state index is 9.69. The highest BCUT2D eigenvalue weighted by molar-refractivity contribution is 5.80. The first-order valence-electron chi connectivity index (χ1n) is 9.38. The van der Waals surface area contributed by atoms with Gasteiger partial charge in [0.15, 0.2) is 0 Å². The molecule has 2 N–H and O–H groups in total. The van der Waals surface area contributed by atoms with Crippen molar-refractivity contribution in [3.63, 3.8) is 0 Å². The number of fused-ring (bicyclic) bond motifs is 1. The van der Waals surface area contributed by atoms with E-state index in [4.69, 9.17) is 4.42 Å². The lowest BCUT2D eigenvalue weighted by molar-refractivity contribution is 0.175. The molecule has 1 fully saturated rings. The van der Waals surface area contributed by atoms with Crippen molar-refractivity contribution in [2.24, 2.45) is 0 Å². The summed E-state index contributed by atoms with van der Waals surface area (Å²) in [6.07, 6.45) is 3.51. The van der Waals surface area contributed by atoms with Crippen LogP contribution in [0.2, 0.25) is 0 Å². The van der Waals surface area contributed by atoms with E-state index in [1.807, 2.05) is 18.4 Å². The smallest absolute Gasteiger partial charge is 0.134 e. The molecule has 2 atom stereocenters. The molecule has 1 aromatic heterocycles. The minimum absolute atomic E-state index is 0.166. The number of benzene rings is 2. The molecule has 0 radical (unpaired) electrons. The fraction of sp³-hybridized carbons (Fsp3) is 0.364. The van der Waals surface area contributed by atoms with Crippen molar-refractivity contribution in [2.75, 3.05) is 18.4 Å². The molecule has 0 amide bonds. The molecule has 2 aromatic carbocycles. The first-order valence-corrected chi connectivity index (χ1v) is 9.38. The number of nitrogens with zero attached hydrogens (tertiary/aromatic N) is 1. The van der Waals surface area contributed by atoms with Crippen LogP contribution in [0.4, 0.5) is 5.69 Å². The van der Waals surface area contributed by atoms with E-state index in [0.717, 1.165) is 43.7 Å². The van der Waals surface area contributed by atoms with Gasteiger partial charge in [0.2, 0.25) is 0 Å². The molecule has 0 spiro atoms. The molecule has 1 aliphatic heterocycles. The van der Waals surface area contributed by atoms with Crippen LogP contribution in [0, 0.1) is 0 Å². The monoisotopic (exact) mass is 350 g/mol. The Morgan fingerprint density at radius 1 is 1.23 bits per heavy atom. The Bertz CT molecular complexity index is 873. The number of aliphatic hydroxyl groups excluding tert-OH is 1. The van der Waals surface area contributed by atoms with Gasteiger partial charge in [0, 0.05) is 42.3 Å². The molecule has 1 aliphatic rings. The Balaban J connectivity index is 1.39. The number of para-hydroxylation sites is 1. The fourth-order valence-corrected chi connectivity index (χ4v) is 3.83. The molecular formula is C22H26N2O2. The summed E-state index contributed by atoms with van der Waals surface area (Å²) in [4.78, 5) is 2.31. The van der Waals surface area contributed by atoms with Gasteiger partial charge in [0.05, 0.1) is 12.4 Å². The van der Waals surface area contributed by atoms with E-state index >= 15 is 0 Å². The zero-order valence-corrected chi connectivity index (χ0v) is 15.2. The third-order valence-corrected chi connectivity index (χ3v) is 5.08. The maximum absolute atomic E-state index is 9.69. The van der Waals surface area contributed by atoms with Crippen molar-refractivity contribution < 1.29 is 9.52 Å². The third kappa shape index (κ3) is 3.92. The summed E-state index contributed by atoms with van der Waals surface area (Å²) in [5.74, 6) is 0. The van der Waals surface area contributed by atoms with Crippen LogP contribution < -0.4 is 5.32 Å². The van der Waals surface area contributed by atoms with Crippen LogP contribution in [0.3, 0.4) is 0 Å². The van der Waals surface area contributed by atoms with Gasteiger partial charge in [0.1, 0.15) is 5.58 Å². The van der Waals surface area contributed by atoms with Crippen molar-refractivity contribution in [1.82, 2.24) is 4.90 Å². The summed E-state index contributed by atoms with van der Waals surface area (Å²) >= 11 is 0. The van der Waals surface area contributed by atoms with Crippen molar-refractivity contribution in [3.05, 3.63) is 65.9 Å². The lowest BCUT2D eigenvalue weighted by Crippen LogP contribution is -2.22. The van der Waals surface area contributed by atoms with Crippen LogP contribution in [0.1, 0.15) is 24.5 Å². The summed E-state index contributed by atoms with van der Waals surface area (Å²) in [7, 11) is 0. The van der Waals surface area contributed by atoms with Gasteiger partial charge < -0.3 is 14.8 Å². The molecule has 2 unspecified atom stereocenters. The summed E-state index contributed by atoms with van der Waals surface area (Å²) in [6.45, 7) is 4.85. The van der Waals surface area contributed by atoms with Crippen LogP contribution >= 0.6 is 0 Å². The van der Waals surface area contributed by atoms with Crippen molar-refractivity contribution in [3.8, 4) is 0 Å². The van der Waals surface area contributed by atoms with Crippen LogP contribution in [0.15, 0.2) is 59.2 Å². The summed E-state index contributed by atoms with van der Waals surface area (Å²) in [6, 6.07) is 17.1. The van der Waals surface area contributed by atoms with Gasteiger partial charge in [-0.25, -0.2) is 0 Å². The average molecular weight is 350 g/mol. The maximum Gasteiger partial charge on any atom is 0.134 e. The molecule has 3 aromatic rings. The molecule has 1 saturated heterocycles. The number of furan rings is 1. The van der Waals surface area contributed by atoms with E-state index in [-0.39, 0.29) is 6.10 Å². The number of hydrogen-bond donors (Lipinski definition) is 2. The predicted octanol–water partition coefficient (Wildman–Crippen LogP) is 4.04. The number of β-amino-alcohol motifs (C(OH)–C–C–N with tert-alkyl or cyclic N) is 1. The Labute approximate surface area is 154 Å². The van der Waals surface area contributed by atoms with Crippen LogP contribution in [0.5, 0.6) is 0 Å². The summed E-state index contributed by atoms with van der Waals surface area (Å²) in [5.41, 5.74) is 4.61. The van der Waals surface area contributed by atoms with Gasteiger partial charge in [0.25, 0.3) is 0 Å². The SMILES string of the molecule is CC(Cc1coc2ccccc12)Nc1cccc(CN2CCC(O)C2)c1. The van der Waals surface area contributed by atoms with E-state index in [9.17, 15) is 5.11 Å². The zero-order chi connectivity index (χ0) is 17.9. The van der Waals surface area contributed by atoms with Gasteiger partial charge in [-0.3, -0.25) is 4.90 Å². The first-order chi connectivity index (χ1) is 12.7. The van der Waals surface area contributed by atoms with Crippen molar-refractivity contribution in [2.45, 2.75) is 38.5 Å². The van der Waals surface area contributed by atoms with E-state index in [1.165, 1.54) is 16.5 Å². The Hall–Kier alpha value is -2.30. The first kappa shape index (κ1) is 17.1. The fourth-order valence-electron chi connectivity index (χ4n) is 3.83. The number of anilines is 1. The highest BCUT2D eigenvalue weighted by Gasteiger charge is 2.20. The molecule has 136 valence electrons. The van der Waals surface area contributed by atoms with Crippen molar-refractivity contribution >= 4 is 16.7 Å². The topological polar surface area (TPSA) is 48.6 Å². The summed E-state index contributed by atoms with van der Waals surface area (Å²) < 4.78 is 5.65. The van der Waals surface area contributed by atoms with Crippen LogP contribution in [-0.4, -0.2) is 35.2 Å². The Kier molecular flexibility index (Phi) is 4.96. The lowest BCUT2D eigenvalue weighted by atomic mass is 10.1. The van der Waals surface area contributed by atoms with Gasteiger partial charge in [-0.2, -0.15) is 0 Å². The molecule has 4 heteroatoms. The third-order valence-electron chi connectivity index (χ3n) is 5.08. The second kappa shape index (κ2) is 7.52. The highest BCUT2D eigenvalue weighted by Crippen LogP contribution is 2.23. The zero-order valence-electron chi connectivity index (χ0n) is 15.2. The standard InChI is InChI=1S/C22H26N2O2/c1-16(11-18-15-26-22-8-3-2-7-21(18)22)23-19-6-4-5-17(12-19)13-24-10-9-20(25)14-24/h2-8,12,15-16,20,23,25H,9-11,13-14H2,1H3. The Morgan fingerprint density at radius 2 is 2.12 bits per heavy atom. The molecule has 4 nitrogen and oxygen atoms in total. The molecule has 4 rings (SSSR count). The second-order valence-electron chi connectivity index (χ2n) is 7.38. The van der Waals surface area contributed by atoms with Crippen LogP contribution in [0.25, 0.3) is 11.0 Å². The lowest BCUT2D eigenvalue weighted by Gasteiger charge is -2.18.